The number of rotatable bonds is 9. The lowest BCUT2D eigenvalue weighted by molar-refractivity contribution is -0.130. The zero-order valence-electron chi connectivity index (χ0n) is 18.3. The van der Waals surface area contributed by atoms with Crippen LogP contribution in [0.5, 0.6) is 5.75 Å². The van der Waals surface area contributed by atoms with E-state index >= 15 is 0 Å². The van der Waals surface area contributed by atoms with E-state index in [1.165, 1.54) is 19.3 Å². The van der Waals surface area contributed by atoms with Crippen molar-refractivity contribution in [2.24, 2.45) is 5.92 Å². The van der Waals surface area contributed by atoms with E-state index < -0.39 is 11.8 Å². The molecule has 0 aliphatic heterocycles. The summed E-state index contributed by atoms with van der Waals surface area (Å²) in [5.74, 6) is -0.0702. The van der Waals surface area contributed by atoms with E-state index in [0.29, 0.717) is 24.5 Å². The Balaban J connectivity index is 1.35. The van der Waals surface area contributed by atoms with Gasteiger partial charge < -0.3 is 10.1 Å². The minimum absolute atomic E-state index is 0.128. The van der Waals surface area contributed by atoms with Gasteiger partial charge in [0.2, 0.25) is 5.91 Å². The van der Waals surface area contributed by atoms with E-state index in [1.807, 2.05) is 54.6 Å². The number of carbonyl (C=O) groups is 3. The minimum Gasteiger partial charge on any atom is -0.483 e. The summed E-state index contributed by atoms with van der Waals surface area (Å²) >= 11 is 0. The SMILES string of the molecule is O=C(CC1CCCCC1)NCC(=O)NNC(=O)COc1ccccc1Cc1ccccc1. The van der Waals surface area contributed by atoms with Gasteiger partial charge in [0.05, 0.1) is 6.54 Å². The number of benzene rings is 2. The van der Waals surface area contributed by atoms with Gasteiger partial charge in [-0.15, -0.1) is 0 Å². The number of amides is 3. The molecule has 3 rings (SSSR count). The fourth-order valence-corrected chi connectivity index (χ4v) is 3.87. The zero-order chi connectivity index (χ0) is 22.6. The van der Waals surface area contributed by atoms with E-state index in [9.17, 15) is 14.4 Å². The van der Waals surface area contributed by atoms with Crippen LogP contribution in [0.4, 0.5) is 0 Å². The minimum atomic E-state index is -0.486. The van der Waals surface area contributed by atoms with Crippen molar-refractivity contribution >= 4 is 17.7 Å². The van der Waals surface area contributed by atoms with Crippen molar-refractivity contribution in [2.45, 2.75) is 44.9 Å². The van der Waals surface area contributed by atoms with Gasteiger partial charge in [0.1, 0.15) is 5.75 Å². The summed E-state index contributed by atoms with van der Waals surface area (Å²) in [6.45, 7) is -0.410. The van der Waals surface area contributed by atoms with Gasteiger partial charge in [0.15, 0.2) is 6.61 Å². The number of hydrogen-bond donors (Lipinski definition) is 3. The predicted molar refractivity (Wildman–Crippen MR) is 122 cm³/mol. The first-order valence-electron chi connectivity index (χ1n) is 11.2. The van der Waals surface area contributed by atoms with Crippen LogP contribution in [-0.4, -0.2) is 30.9 Å². The molecule has 1 aliphatic rings. The Morgan fingerprint density at radius 1 is 0.812 bits per heavy atom. The summed E-state index contributed by atoms with van der Waals surface area (Å²) in [7, 11) is 0. The number of carbonyl (C=O) groups excluding carboxylic acids is 3. The highest BCUT2D eigenvalue weighted by molar-refractivity contribution is 5.87. The molecule has 7 nitrogen and oxygen atoms in total. The van der Waals surface area contributed by atoms with Gasteiger partial charge >= 0.3 is 0 Å². The summed E-state index contributed by atoms with van der Waals surface area (Å²) < 4.78 is 5.65. The monoisotopic (exact) mass is 437 g/mol. The first kappa shape index (κ1) is 23.3. The molecule has 1 aliphatic carbocycles. The molecule has 3 N–H and O–H groups in total. The molecule has 0 bridgehead atoms. The molecule has 0 atom stereocenters. The summed E-state index contributed by atoms with van der Waals surface area (Å²) in [6, 6.07) is 17.5. The van der Waals surface area contributed by atoms with E-state index in [1.54, 1.807) is 0 Å². The third-order valence-electron chi connectivity index (χ3n) is 5.56. The molecule has 0 saturated heterocycles. The third-order valence-corrected chi connectivity index (χ3v) is 5.56. The molecule has 0 spiro atoms. The molecule has 1 saturated carbocycles. The number of hydrogen-bond acceptors (Lipinski definition) is 4. The number of hydrazine groups is 1. The molecule has 32 heavy (non-hydrogen) atoms. The summed E-state index contributed by atoms with van der Waals surface area (Å²) in [6.07, 6.45) is 6.87. The Hall–Kier alpha value is -3.35. The predicted octanol–water partition coefficient (Wildman–Crippen LogP) is 2.89. The summed E-state index contributed by atoms with van der Waals surface area (Å²) in [4.78, 5) is 35.9. The lowest BCUT2D eigenvalue weighted by Crippen LogP contribution is -2.47. The summed E-state index contributed by atoms with van der Waals surface area (Å²) in [5, 5.41) is 2.61. The van der Waals surface area contributed by atoms with Crippen molar-refractivity contribution in [1.82, 2.24) is 16.2 Å². The second-order valence-electron chi connectivity index (χ2n) is 8.14. The maximum absolute atomic E-state index is 12.1. The highest BCUT2D eigenvalue weighted by atomic mass is 16.5. The fraction of sp³-hybridized carbons (Fsp3) is 0.400. The Bertz CT molecular complexity index is 895. The van der Waals surface area contributed by atoms with Crippen molar-refractivity contribution < 1.29 is 19.1 Å². The fourth-order valence-electron chi connectivity index (χ4n) is 3.87. The van der Waals surface area contributed by atoms with Crippen LogP contribution in [-0.2, 0) is 20.8 Å². The average molecular weight is 438 g/mol. The number of nitrogens with one attached hydrogen (secondary N) is 3. The van der Waals surface area contributed by atoms with Gasteiger partial charge in [-0.2, -0.15) is 0 Å². The van der Waals surface area contributed by atoms with Crippen LogP contribution >= 0.6 is 0 Å². The molecule has 0 heterocycles. The van der Waals surface area contributed by atoms with Gasteiger partial charge in [0, 0.05) is 12.8 Å². The second-order valence-corrected chi connectivity index (χ2v) is 8.14. The summed E-state index contributed by atoms with van der Waals surface area (Å²) in [5.41, 5.74) is 6.72. The van der Waals surface area contributed by atoms with Crippen LogP contribution in [0.15, 0.2) is 54.6 Å². The normalized spacial score (nSPS) is 13.8. The van der Waals surface area contributed by atoms with E-state index in [0.717, 1.165) is 24.0 Å². The van der Waals surface area contributed by atoms with Crippen LogP contribution < -0.4 is 20.9 Å². The zero-order valence-corrected chi connectivity index (χ0v) is 18.3. The number of para-hydroxylation sites is 1. The lowest BCUT2D eigenvalue weighted by Gasteiger charge is -2.20. The molecular formula is C25H31N3O4. The molecule has 170 valence electrons. The van der Waals surface area contributed by atoms with Crippen LogP contribution in [0.3, 0.4) is 0 Å². The van der Waals surface area contributed by atoms with Gasteiger partial charge in [-0.1, -0.05) is 67.8 Å². The lowest BCUT2D eigenvalue weighted by atomic mass is 9.87. The Labute approximate surface area is 188 Å². The highest BCUT2D eigenvalue weighted by Gasteiger charge is 2.17. The van der Waals surface area contributed by atoms with E-state index in [2.05, 4.69) is 16.2 Å². The Morgan fingerprint density at radius 2 is 1.50 bits per heavy atom. The standard InChI is InChI=1S/C25H31N3O4/c29-23(16-20-11-5-2-6-12-20)26-17-24(30)27-28-25(31)18-32-22-14-8-7-13-21(22)15-19-9-3-1-4-10-19/h1,3-4,7-10,13-14,20H,2,5-6,11-12,15-18H2,(H,26,29)(H,27,30)(H,28,31). The van der Waals surface area contributed by atoms with Gasteiger partial charge in [-0.3, -0.25) is 25.2 Å². The Kier molecular flexibility index (Phi) is 9.10. The van der Waals surface area contributed by atoms with Crippen molar-refractivity contribution in [3.63, 3.8) is 0 Å². The maximum atomic E-state index is 12.1. The van der Waals surface area contributed by atoms with E-state index in [4.69, 9.17) is 4.74 Å². The highest BCUT2D eigenvalue weighted by Crippen LogP contribution is 2.26. The van der Waals surface area contributed by atoms with Gasteiger partial charge in [-0.25, -0.2) is 0 Å². The van der Waals surface area contributed by atoms with Crippen LogP contribution in [0.1, 0.15) is 49.7 Å². The van der Waals surface area contributed by atoms with Crippen molar-refractivity contribution in [3.8, 4) is 5.75 Å². The molecule has 7 heteroatoms. The second kappa shape index (κ2) is 12.5. The average Bonchev–Trinajstić information content (AvgIpc) is 2.82. The molecule has 1 fully saturated rings. The number of ether oxygens (including phenoxy) is 1. The molecule has 2 aromatic rings. The Morgan fingerprint density at radius 3 is 2.28 bits per heavy atom. The third kappa shape index (κ3) is 8.06. The first-order chi connectivity index (χ1) is 15.6. The van der Waals surface area contributed by atoms with Crippen molar-refractivity contribution in [2.75, 3.05) is 13.2 Å². The smallest absolute Gasteiger partial charge is 0.276 e. The molecule has 0 aromatic heterocycles. The molecule has 2 aromatic carbocycles. The molecule has 0 radical (unpaired) electrons. The molecular weight excluding hydrogens is 406 g/mol. The molecule has 0 unspecified atom stereocenters. The maximum Gasteiger partial charge on any atom is 0.276 e. The van der Waals surface area contributed by atoms with Crippen molar-refractivity contribution in [1.29, 1.82) is 0 Å². The quantitative estimate of drug-likeness (QED) is 0.526. The van der Waals surface area contributed by atoms with Crippen LogP contribution in [0.25, 0.3) is 0 Å². The van der Waals surface area contributed by atoms with E-state index in [-0.39, 0.29) is 19.1 Å². The van der Waals surface area contributed by atoms with Gasteiger partial charge in [-0.05, 0) is 36.0 Å². The van der Waals surface area contributed by atoms with Crippen molar-refractivity contribution in [3.05, 3.63) is 65.7 Å². The first-order valence-corrected chi connectivity index (χ1v) is 11.2. The van der Waals surface area contributed by atoms with Gasteiger partial charge in [0.25, 0.3) is 11.8 Å². The van der Waals surface area contributed by atoms with Crippen LogP contribution in [0.2, 0.25) is 0 Å². The molecule has 3 amide bonds. The topological polar surface area (TPSA) is 96.5 Å². The largest absolute Gasteiger partial charge is 0.483 e. The van der Waals surface area contributed by atoms with Crippen LogP contribution in [0, 0.1) is 5.92 Å².